The molecule has 6 rings (SSSR count). The molecule has 5 heterocycles. The Morgan fingerprint density at radius 2 is 1.84 bits per heavy atom. The second kappa shape index (κ2) is 9.12. The number of piperidine rings is 1. The fourth-order valence-corrected chi connectivity index (χ4v) is 7.11. The molecule has 4 fully saturated rings. The summed E-state index contributed by atoms with van der Waals surface area (Å²) >= 11 is 0. The fourth-order valence-electron chi connectivity index (χ4n) is 7.11. The van der Waals surface area contributed by atoms with Crippen LogP contribution in [0.2, 0.25) is 0 Å². The van der Waals surface area contributed by atoms with Gasteiger partial charge in [0.25, 0.3) is 0 Å². The molecule has 0 unspecified atom stereocenters. The van der Waals surface area contributed by atoms with Crippen molar-refractivity contribution in [1.29, 1.82) is 0 Å². The number of hydrogen-bond acceptors (Lipinski definition) is 6. The summed E-state index contributed by atoms with van der Waals surface area (Å²) in [6.07, 6.45) is 6.02. The Hall–Kier alpha value is -0.760. The molecule has 5 aliphatic heterocycles. The highest BCUT2D eigenvalue weighted by Gasteiger charge is 2.61. The van der Waals surface area contributed by atoms with Gasteiger partial charge in [-0.3, -0.25) is 0 Å². The van der Waals surface area contributed by atoms with Gasteiger partial charge in [-0.2, -0.15) is 0 Å². The summed E-state index contributed by atoms with van der Waals surface area (Å²) < 4.78 is 24.1. The zero-order valence-corrected chi connectivity index (χ0v) is 20.7. The molecule has 180 valence electrons. The van der Waals surface area contributed by atoms with Crippen LogP contribution in [0, 0.1) is 11.8 Å². The third-order valence-corrected chi connectivity index (χ3v) is 8.68. The minimum atomic E-state index is -0.176. The predicted octanol–water partition coefficient (Wildman–Crippen LogP) is 3.18. The first-order valence-corrected chi connectivity index (χ1v) is 11.7. The Morgan fingerprint density at radius 1 is 1.09 bits per heavy atom. The van der Waals surface area contributed by atoms with Crippen molar-refractivity contribution in [3.8, 4) is 11.5 Å². The molecule has 1 aromatic rings. The number of hydrogen-bond donors (Lipinski definition) is 1. The lowest BCUT2D eigenvalue weighted by Crippen LogP contribution is -2.49. The summed E-state index contributed by atoms with van der Waals surface area (Å²) in [6, 6.07) is 4.32. The van der Waals surface area contributed by atoms with E-state index in [0.29, 0.717) is 17.9 Å². The minimum Gasteiger partial charge on any atom is -0.493 e. The molecular formula is C24H36Cl2N2O4. The molecule has 1 N–H and O–H groups in total. The topological polar surface area (TPSA) is 52.2 Å². The summed E-state index contributed by atoms with van der Waals surface area (Å²) in [5.41, 5.74) is 2.65. The highest BCUT2D eigenvalue weighted by Crippen LogP contribution is 2.53. The standard InChI is InChI=1S/C24H34N2O4.2ClH/c1-27-21-11-16-4-10-29-23(18(16)12-22(21)28-2)6-8-26(9-7-23)14-17-19-13-25-15-24(19)5-3-20(17)30-24;;/h11-12,17,19-20,25H,3-10,13-15H2,1-2H3;2*1H/t17-,19-,20-,24-;;/m1../s1. The summed E-state index contributed by atoms with van der Waals surface area (Å²) in [4.78, 5) is 2.67. The van der Waals surface area contributed by atoms with E-state index in [-0.39, 0.29) is 36.0 Å². The van der Waals surface area contributed by atoms with Crippen LogP contribution in [0.15, 0.2) is 12.1 Å². The van der Waals surface area contributed by atoms with Crippen molar-refractivity contribution in [2.24, 2.45) is 11.8 Å². The Bertz CT molecular complexity index is 828. The van der Waals surface area contributed by atoms with E-state index in [1.54, 1.807) is 14.2 Å². The van der Waals surface area contributed by atoms with Crippen molar-refractivity contribution in [2.45, 2.75) is 49.4 Å². The lowest BCUT2D eigenvalue weighted by atomic mass is 9.73. The largest absolute Gasteiger partial charge is 0.493 e. The van der Waals surface area contributed by atoms with E-state index in [1.807, 2.05) is 0 Å². The maximum atomic E-state index is 6.50. The van der Waals surface area contributed by atoms with Crippen molar-refractivity contribution in [2.75, 3.05) is 53.6 Å². The van der Waals surface area contributed by atoms with Gasteiger partial charge in [0.2, 0.25) is 0 Å². The number of nitrogens with one attached hydrogen (secondary N) is 1. The van der Waals surface area contributed by atoms with Crippen LogP contribution in [0.25, 0.3) is 0 Å². The lowest BCUT2D eigenvalue weighted by molar-refractivity contribution is -0.100. The number of benzene rings is 1. The Kier molecular flexibility index (Phi) is 6.95. The number of halogens is 2. The van der Waals surface area contributed by atoms with Gasteiger partial charge < -0.3 is 29.2 Å². The molecule has 4 atom stereocenters. The van der Waals surface area contributed by atoms with Gasteiger partial charge in [0.1, 0.15) is 0 Å². The van der Waals surface area contributed by atoms with Crippen molar-refractivity contribution in [3.05, 3.63) is 23.3 Å². The normalized spacial score (nSPS) is 34.4. The lowest BCUT2D eigenvalue weighted by Gasteiger charge is -2.46. The van der Waals surface area contributed by atoms with E-state index in [0.717, 1.165) is 63.5 Å². The van der Waals surface area contributed by atoms with Crippen LogP contribution >= 0.6 is 24.8 Å². The van der Waals surface area contributed by atoms with Crippen molar-refractivity contribution >= 4 is 24.8 Å². The third-order valence-electron chi connectivity index (χ3n) is 8.68. The molecule has 6 nitrogen and oxygen atoms in total. The molecule has 1 aromatic carbocycles. The summed E-state index contributed by atoms with van der Waals surface area (Å²) in [6.45, 7) is 6.33. The zero-order chi connectivity index (χ0) is 20.3. The van der Waals surface area contributed by atoms with Crippen LogP contribution in [0.4, 0.5) is 0 Å². The van der Waals surface area contributed by atoms with Gasteiger partial charge in [-0.05, 0) is 55.4 Å². The first-order chi connectivity index (χ1) is 14.7. The first kappa shape index (κ1) is 24.4. The average molecular weight is 487 g/mol. The van der Waals surface area contributed by atoms with E-state index in [9.17, 15) is 0 Å². The molecule has 8 heteroatoms. The van der Waals surface area contributed by atoms with E-state index in [2.05, 4.69) is 22.3 Å². The number of ether oxygens (including phenoxy) is 4. The van der Waals surface area contributed by atoms with Crippen LogP contribution in [0.1, 0.15) is 36.8 Å². The van der Waals surface area contributed by atoms with Gasteiger partial charge in [-0.15, -0.1) is 24.8 Å². The van der Waals surface area contributed by atoms with Gasteiger partial charge >= 0.3 is 0 Å². The molecule has 5 aliphatic rings. The maximum absolute atomic E-state index is 6.50. The molecule has 32 heavy (non-hydrogen) atoms. The third kappa shape index (κ3) is 3.62. The van der Waals surface area contributed by atoms with E-state index < -0.39 is 0 Å². The number of methoxy groups -OCH3 is 2. The molecule has 0 amide bonds. The van der Waals surface area contributed by atoms with Gasteiger partial charge in [-0.1, -0.05) is 0 Å². The number of likely N-dealkylation sites (tertiary alicyclic amines) is 1. The summed E-state index contributed by atoms with van der Waals surface area (Å²) in [7, 11) is 3.42. The molecule has 4 saturated heterocycles. The van der Waals surface area contributed by atoms with E-state index in [4.69, 9.17) is 18.9 Å². The maximum Gasteiger partial charge on any atom is 0.161 e. The smallest absolute Gasteiger partial charge is 0.161 e. The van der Waals surface area contributed by atoms with Crippen LogP contribution in [0.5, 0.6) is 11.5 Å². The Balaban J connectivity index is 0.00000122. The van der Waals surface area contributed by atoms with E-state index in [1.165, 1.54) is 30.5 Å². The highest BCUT2D eigenvalue weighted by atomic mass is 35.5. The number of nitrogens with zero attached hydrogens (tertiary/aromatic N) is 1. The van der Waals surface area contributed by atoms with Crippen molar-refractivity contribution in [3.63, 3.8) is 0 Å². The molecule has 2 spiro atoms. The quantitative estimate of drug-likeness (QED) is 0.705. The Morgan fingerprint density at radius 3 is 2.59 bits per heavy atom. The molecule has 0 radical (unpaired) electrons. The van der Waals surface area contributed by atoms with Crippen LogP contribution in [-0.4, -0.2) is 70.2 Å². The molecule has 0 aliphatic carbocycles. The summed E-state index contributed by atoms with van der Waals surface area (Å²) in [5.74, 6) is 3.02. The SMILES string of the molecule is COc1cc2c(cc1OC)C1(CCN(C[C@@H]3[C@H]4CNC[C@]45CC[C@H]3O5)CC1)OCC2.Cl.Cl. The number of fused-ring (bicyclic) bond motifs is 3. The van der Waals surface area contributed by atoms with E-state index >= 15 is 0 Å². The molecule has 0 saturated carbocycles. The predicted molar refractivity (Wildman–Crippen MR) is 128 cm³/mol. The fraction of sp³-hybridized carbons (Fsp3) is 0.750. The van der Waals surface area contributed by atoms with Gasteiger partial charge in [-0.25, -0.2) is 0 Å². The zero-order valence-electron chi connectivity index (χ0n) is 19.1. The van der Waals surface area contributed by atoms with Gasteiger partial charge in [0, 0.05) is 44.6 Å². The second-order valence-electron chi connectivity index (χ2n) is 9.92. The molecule has 0 aromatic heterocycles. The Labute approximate surface area is 203 Å². The monoisotopic (exact) mass is 486 g/mol. The van der Waals surface area contributed by atoms with Crippen LogP contribution < -0.4 is 14.8 Å². The second-order valence-corrected chi connectivity index (χ2v) is 9.92. The van der Waals surface area contributed by atoms with Crippen LogP contribution in [-0.2, 0) is 21.5 Å². The van der Waals surface area contributed by atoms with Gasteiger partial charge in [0.15, 0.2) is 11.5 Å². The molecular weight excluding hydrogens is 451 g/mol. The molecule has 2 bridgehead atoms. The number of rotatable bonds is 4. The van der Waals surface area contributed by atoms with Crippen molar-refractivity contribution in [1.82, 2.24) is 10.2 Å². The minimum absolute atomic E-state index is 0. The van der Waals surface area contributed by atoms with Crippen molar-refractivity contribution < 1.29 is 18.9 Å². The average Bonchev–Trinajstić information content (AvgIpc) is 3.46. The highest BCUT2D eigenvalue weighted by molar-refractivity contribution is 5.85. The first-order valence-electron chi connectivity index (χ1n) is 11.7. The summed E-state index contributed by atoms with van der Waals surface area (Å²) in [5, 5.41) is 3.60. The van der Waals surface area contributed by atoms with Crippen LogP contribution in [0.3, 0.4) is 0 Å². The van der Waals surface area contributed by atoms with Gasteiger partial charge in [0.05, 0.1) is 38.1 Å².